The average molecular weight is 266 g/mol. The van der Waals surface area contributed by atoms with Crippen LogP contribution in [-0.2, 0) is 9.59 Å². The molecule has 0 aromatic heterocycles. The van der Waals surface area contributed by atoms with E-state index in [0.29, 0.717) is 0 Å². The minimum atomic E-state index is -1.06. The van der Waals surface area contributed by atoms with Crippen molar-refractivity contribution in [3.05, 3.63) is 0 Å². The third-order valence-electron chi connectivity index (χ3n) is 4.32. The number of carboxylic acids is 1. The first-order chi connectivity index (χ1) is 8.81. The van der Waals surface area contributed by atoms with Gasteiger partial charge in [0.1, 0.15) is 0 Å². The van der Waals surface area contributed by atoms with Crippen molar-refractivity contribution in [2.24, 2.45) is 17.3 Å². The lowest BCUT2D eigenvalue weighted by molar-refractivity contribution is -0.153. The molecule has 0 aromatic carbocycles. The lowest BCUT2D eigenvalue weighted by atomic mass is 9.76. The summed E-state index contributed by atoms with van der Waals surface area (Å²) in [5.74, 6) is -1.50. The summed E-state index contributed by atoms with van der Waals surface area (Å²) in [7, 11) is 0. The fraction of sp³-hybridized carbons (Fsp3) is 0.786. The van der Waals surface area contributed by atoms with Gasteiger partial charge < -0.3 is 10.4 Å². The molecule has 0 radical (unpaired) electrons. The van der Waals surface area contributed by atoms with Crippen molar-refractivity contribution < 1.29 is 14.7 Å². The van der Waals surface area contributed by atoms with Gasteiger partial charge >= 0.3 is 5.97 Å². The number of nitrogens with zero attached hydrogens (tertiary/aromatic N) is 1. The van der Waals surface area contributed by atoms with E-state index in [0.717, 1.165) is 19.3 Å². The second-order valence-electron chi connectivity index (χ2n) is 5.89. The molecule has 0 heterocycles. The van der Waals surface area contributed by atoms with Crippen LogP contribution < -0.4 is 5.32 Å². The van der Waals surface area contributed by atoms with E-state index in [-0.39, 0.29) is 30.2 Å². The lowest BCUT2D eigenvalue weighted by Crippen LogP contribution is -2.43. The molecule has 3 atom stereocenters. The number of carboxylic acid groups (broad SMARTS) is 1. The molecule has 19 heavy (non-hydrogen) atoms. The molecule has 0 spiro atoms. The Kier molecular flexibility index (Phi) is 4.93. The van der Waals surface area contributed by atoms with Crippen molar-refractivity contribution in [2.75, 3.05) is 0 Å². The van der Waals surface area contributed by atoms with Crippen LogP contribution in [0.25, 0.3) is 0 Å². The van der Waals surface area contributed by atoms with Crippen molar-refractivity contribution >= 4 is 11.9 Å². The van der Waals surface area contributed by atoms with Gasteiger partial charge in [0.25, 0.3) is 0 Å². The Labute approximate surface area is 114 Å². The van der Waals surface area contributed by atoms with E-state index in [1.807, 2.05) is 0 Å². The van der Waals surface area contributed by atoms with E-state index in [1.165, 1.54) is 0 Å². The third-order valence-corrected chi connectivity index (χ3v) is 4.32. The third kappa shape index (κ3) is 3.46. The average Bonchev–Trinajstić information content (AvgIpc) is 2.75. The molecular formula is C14H22N2O3. The molecule has 0 bridgehead atoms. The number of nitrogens with one attached hydrogen (secondary N) is 1. The number of hydrogen-bond acceptors (Lipinski definition) is 3. The van der Waals surface area contributed by atoms with E-state index < -0.39 is 11.4 Å². The Morgan fingerprint density at radius 3 is 2.58 bits per heavy atom. The summed E-state index contributed by atoms with van der Waals surface area (Å²) in [6.07, 6.45) is 2.50. The van der Waals surface area contributed by atoms with Crippen LogP contribution in [0.3, 0.4) is 0 Å². The second-order valence-corrected chi connectivity index (χ2v) is 5.89. The van der Waals surface area contributed by atoms with E-state index in [2.05, 4.69) is 11.4 Å². The van der Waals surface area contributed by atoms with Crippen molar-refractivity contribution in [3.63, 3.8) is 0 Å². The van der Waals surface area contributed by atoms with Crippen LogP contribution in [0.1, 0.15) is 46.5 Å². The number of hydrogen-bond donors (Lipinski definition) is 2. The summed E-state index contributed by atoms with van der Waals surface area (Å²) >= 11 is 0. The Morgan fingerprint density at radius 2 is 2.11 bits per heavy atom. The molecule has 1 amide bonds. The summed E-state index contributed by atoms with van der Waals surface area (Å²) in [4.78, 5) is 23.3. The summed E-state index contributed by atoms with van der Waals surface area (Å²) in [6, 6.07) is 2.07. The summed E-state index contributed by atoms with van der Waals surface area (Å²) in [5, 5.41) is 21.1. The van der Waals surface area contributed by atoms with Gasteiger partial charge in [-0.3, -0.25) is 9.59 Å². The van der Waals surface area contributed by atoms with Gasteiger partial charge in [-0.2, -0.15) is 5.26 Å². The van der Waals surface area contributed by atoms with Gasteiger partial charge in [-0.25, -0.2) is 0 Å². The monoisotopic (exact) mass is 266 g/mol. The molecule has 1 rings (SSSR count). The highest BCUT2D eigenvalue weighted by molar-refractivity contribution is 5.85. The van der Waals surface area contributed by atoms with Gasteiger partial charge in [-0.1, -0.05) is 13.8 Å². The second kappa shape index (κ2) is 6.05. The highest BCUT2D eigenvalue weighted by Crippen LogP contribution is 2.32. The molecular weight excluding hydrogens is 244 g/mol. The summed E-state index contributed by atoms with van der Waals surface area (Å²) < 4.78 is 0. The van der Waals surface area contributed by atoms with E-state index in [4.69, 9.17) is 5.26 Å². The maximum Gasteiger partial charge on any atom is 0.310 e. The topological polar surface area (TPSA) is 90.2 Å². The quantitative estimate of drug-likeness (QED) is 0.795. The van der Waals surface area contributed by atoms with Crippen molar-refractivity contribution in [2.45, 2.75) is 52.5 Å². The molecule has 0 aromatic rings. The molecule has 1 saturated carbocycles. The van der Waals surface area contributed by atoms with Crippen LogP contribution in [0.4, 0.5) is 0 Å². The summed E-state index contributed by atoms with van der Waals surface area (Å²) in [5.41, 5.74) is -1.06. The summed E-state index contributed by atoms with van der Waals surface area (Å²) in [6.45, 7) is 5.19. The maximum absolute atomic E-state index is 12.0. The molecule has 5 nitrogen and oxygen atoms in total. The standard InChI is InChI=1S/C14H22N2O3/c1-9(2)14(3,13(18)19)7-12(17)16-11-6-4-5-10(11)8-15/h9-11H,4-7H2,1-3H3,(H,16,17)(H,18,19). The SMILES string of the molecule is CC(C)C(C)(CC(=O)NC1CCCC1C#N)C(=O)O. The van der Waals surface area contributed by atoms with Crippen LogP contribution in [0, 0.1) is 28.6 Å². The Bertz CT molecular complexity index is 400. The highest BCUT2D eigenvalue weighted by atomic mass is 16.4. The molecule has 1 aliphatic carbocycles. The smallest absolute Gasteiger partial charge is 0.310 e. The van der Waals surface area contributed by atoms with E-state index in [9.17, 15) is 14.7 Å². The largest absolute Gasteiger partial charge is 0.481 e. The van der Waals surface area contributed by atoms with E-state index >= 15 is 0 Å². The molecule has 106 valence electrons. The number of amides is 1. The molecule has 1 fully saturated rings. The predicted molar refractivity (Wildman–Crippen MR) is 70.1 cm³/mol. The van der Waals surface area contributed by atoms with Gasteiger partial charge in [-0.05, 0) is 32.1 Å². The van der Waals surface area contributed by atoms with E-state index in [1.54, 1.807) is 20.8 Å². The normalized spacial score (nSPS) is 25.6. The molecule has 2 N–H and O–H groups in total. The Balaban J connectivity index is 2.64. The van der Waals surface area contributed by atoms with Gasteiger partial charge in [0.2, 0.25) is 5.91 Å². The minimum absolute atomic E-state index is 0.0470. The lowest BCUT2D eigenvalue weighted by Gasteiger charge is -2.29. The van der Waals surface area contributed by atoms with Gasteiger partial charge in [0, 0.05) is 12.5 Å². The van der Waals surface area contributed by atoms with Crippen molar-refractivity contribution in [1.29, 1.82) is 5.26 Å². The van der Waals surface area contributed by atoms with Crippen LogP contribution in [0.15, 0.2) is 0 Å². The van der Waals surface area contributed by atoms with Crippen LogP contribution >= 0.6 is 0 Å². The van der Waals surface area contributed by atoms with Crippen LogP contribution in [0.2, 0.25) is 0 Å². The number of aliphatic carboxylic acids is 1. The van der Waals surface area contributed by atoms with Crippen LogP contribution in [0.5, 0.6) is 0 Å². The zero-order chi connectivity index (χ0) is 14.6. The number of rotatable bonds is 5. The van der Waals surface area contributed by atoms with Gasteiger partial charge in [0.15, 0.2) is 0 Å². The zero-order valence-corrected chi connectivity index (χ0v) is 11.8. The van der Waals surface area contributed by atoms with Gasteiger partial charge in [0.05, 0.1) is 17.4 Å². The number of nitriles is 1. The number of carbonyl (C=O) groups is 2. The number of carbonyl (C=O) groups excluding carboxylic acids is 1. The molecule has 0 aliphatic heterocycles. The van der Waals surface area contributed by atoms with Crippen LogP contribution in [-0.4, -0.2) is 23.0 Å². The fourth-order valence-electron chi connectivity index (χ4n) is 2.41. The predicted octanol–water partition coefficient (Wildman–Crippen LogP) is 1.93. The minimum Gasteiger partial charge on any atom is -0.481 e. The van der Waals surface area contributed by atoms with Crippen molar-refractivity contribution in [3.8, 4) is 6.07 Å². The first kappa shape index (κ1) is 15.5. The first-order valence-electron chi connectivity index (χ1n) is 6.73. The zero-order valence-electron chi connectivity index (χ0n) is 11.8. The molecule has 0 saturated heterocycles. The molecule has 5 heteroatoms. The molecule has 3 unspecified atom stereocenters. The maximum atomic E-state index is 12.0. The first-order valence-corrected chi connectivity index (χ1v) is 6.73. The fourth-order valence-corrected chi connectivity index (χ4v) is 2.41. The molecule has 1 aliphatic rings. The highest BCUT2D eigenvalue weighted by Gasteiger charge is 2.39. The van der Waals surface area contributed by atoms with Gasteiger partial charge in [-0.15, -0.1) is 0 Å². The Morgan fingerprint density at radius 1 is 1.47 bits per heavy atom. The Hall–Kier alpha value is -1.57. The van der Waals surface area contributed by atoms with Crippen molar-refractivity contribution in [1.82, 2.24) is 5.32 Å².